The van der Waals surface area contributed by atoms with Crippen LogP contribution in [0.4, 0.5) is 4.39 Å². The number of ether oxygens (including phenoxy) is 2. The quantitative estimate of drug-likeness (QED) is 0.794. The second kappa shape index (κ2) is 7.45. The molecule has 4 nitrogen and oxygen atoms in total. The summed E-state index contributed by atoms with van der Waals surface area (Å²) in [7, 11) is 1.58. The maximum absolute atomic E-state index is 12.9. The number of hydrogen-bond acceptors (Lipinski definition) is 3. The van der Waals surface area contributed by atoms with Crippen molar-refractivity contribution in [2.24, 2.45) is 5.92 Å². The van der Waals surface area contributed by atoms with Crippen LogP contribution in [0.1, 0.15) is 23.5 Å². The molecule has 2 atom stereocenters. The van der Waals surface area contributed by atoms with E-state index in [1.54, 1.807) is 19.2 Å². The highest BCUT2D eigenvalue weighted by molar-refractivity contribution is 5.82. The number of halogens is 1. The van der Waals surface area contributed by atoms with Gasteiger partial charge in [0.25, 0.3) is 0 Å². The Kier molecular flexibility index (Phi) is 5.11. The third kappa shape index (κ3) is 4.11. The standard InChI is InChI=1S/C19H20FNO3/c1-23-12-24-16-8-4-14(5-9-16)17-10-18(17)19(22)21-11-13-2-6-15(20)7-3-13/h2-9,17-18H,10-12H2,1H3,(H,21,22). The summed E-state index contributed by atoms with van der Waals surface area (Å²) in [6.45, 7) is 0.642. The van der Waals surface area contributed by atoms with Crippen molar-refractivity contribution in [2.45, 2.75) is 18.9 Å². The molecule has 2 aromatic rings. The molecule has 0 aromatic heterocycles. The highest BCUT2D eigenvalue weighted by Crippen LogP contribution is 2.47. The highest BCUT2D eigenvalue weighted by Gasteiger charge is 2.43. The van der Waals surface area contributed by atoms with Gasteiger partial charge < -0.3 is 14.8 Å². The van der Waals surface area contributed by atoms with Crippen molar-refractivity contribution < 1.29 is 18.7 Å². The van der Waals surface area contributed by atoms with E-state index in [-0.39, 0.29) is 30.4 Å². The van der Waals surface area contributed by atoms with Crippen molar-refractivity contribution in [3.05, 3.63) is 65.5 Å². The zero-order valence-electron chi connectivity index (χ0n) is 13.5. The number of benzene rings is 2. The SMILES string of the molecule is COCOc1ccc(C2CC2C(=O)NCc2ccc(F)cc2)cc1. The predicted octanol–water partition coefficient (Wildman–Crippen LogP) is 3.23. The zero-order valence-corrected chi connectivity index (χ0v) is 13.5. The molecule has 1 saturated carbocycles. The van der Waals surface area contributed by atoms with E-state index < -0.39 is 0 Å². The molecular formula is C19H20FNO3. The molecule has 0 radical (unpaired) electrons. The molecule has 24 heavy (non-hydrogen) atoms. The molecule has 126 valence electrons. The summed E-state index contributed by atoms with van der Waals surface area (Å²) in [6.07, 6.45) is 0.855. The fourth-order valence-corrected chi connectivity index (χ4v) is 2.71. The van der Waals surface area contributed by atoms with Gasteiger partial charge in [0.15, 0.2) is 6.79 Å². The Bertz CT molecular complexity index is 685. The summed E-state index contributed by atoms with van der Waals surface area (Å²) in [5.74, 6) is 0.790. The summed E-state index contributed by atoms with van der Waals surface area (Å²) in [6, 6.07) is 13.9. The lowest BCUT2D eigenvalue weighted by Crippen LogP contribution is -2.24. The smallest absolute Gasteiger partial charge is 0.224 e. The van der Waals surface area contributed by atoms with Crippen LogP contribution in [-0.2, 0) is 16.1 Å². The van der Waals surface area contributed by atoms with Crippen LogP contribution in [0.2, 0.25) is 0 Å². The lowest BCUT2D eigenvalue weighted by molar-refractivity contribution is -0.122. The predicted molar refractivity (Wildman–Crippen MR) is 88.0 cm³/mol. The summed E-state index contributed by atoms with van der Waals surface area (Å²) < 4.78 is 23.1. The largest absolute Gasteiger partial charge is 0.468 e. The van der Waals surface area contributed by atoms with E-state index >= 15 is 0 Å². The van der Waals surface area contributed by atoms with Gasteiger partial charge in [-0.05, 0) is 47.7 Å². The fraction of sp³-hybridized carbons (Fsp3) is 0.316. The zero-order chi connectivity index (χ0) is 16.9. The normalized spacial score (nSPS) is 18.9. The van der Waals surface area contributed by atoms with E-state index in [0.717, 1.165) is 23.3 Å². The lowest BCUT2D eigenvalue weighted by Gasteiger charge is -2.07. The first-order valence-electron chi connectivity index (χ1n) is 7.91. The molecule has 5 heteroatoms. The second-order valence-electron chi connectivity index (χ2n) is 5.91. The Morgan fingerprint density at radius 2 is 1.88 bits per heavy atom. The van der Waals surface area contributed by atoms with Gasteiger partial charge in [-0.15, -0.1) is 0 Å². The van der Waals surface area contributed by atoms with Crippen LogP contribution in [0.5, 0.6) is 5.75 Å². The van der Waals surface area contributed by atoms with Crippen LogP contribution in [0.25, 0.3) is 0 Å². The minimum atomic E-state index is -0.273. The first kappa shape index (κ1) is 16.5. The molecule has 0 saturated heterocycles. The number of carbonyl (C=O) groups is 1. The Morgan fingerprint density at radius 1 is 1.17 bits per heavy atom. The van der Waals surface area contributed by atoms with Crippen LogP contribution in [0, 0.1) is 11.7 Å². The molecule has 1 N–H and O–H groups in total. The highest BCUT2D eigenvalue weighted by atomic mass is 19.1. The van der Waals surface area contributed by atoms with Crippen molar-refractivity contribution in [3.63, 3.8) is 0 Å². The van der Waals surface area contributed by atoms with E-state index in [9.17, 15) is 9.18 Å². The fourth-order valence-electron chi connectivity index (χ4n) is 2.71. The van der Waals surface area contributed by atoms with Gasteiger partial charge in [-0.25, -0.2) is 4.39 Å². The molecule has 0 heterocycles. The van der Waals surface area contributed by atoms with E-state index in [4.69, 9.17) is 9.47 Å². The molecule has 3 rings (SSSR count). The number of nitrogens with one attached hydrogen (secondary N) is 1. The van der Waals surface area contributed by atoms with Crippen LogP contribution < -0.4 is 10.1 Å². The van der Waals surface area contributed by atoms with Crippen LogP contribution >= 0.6 is 0 Å². The van der Waals surface area contributed by atoms with Gasteiger partial charge in [-0.1, -0.05) is 24.3 Å². The number of rotatable bonds is 7. The molecule has 1 aliphatic rings. The number of carbonyl (C=O) groups excluding carboxylic acids is 1. The molecule has 1 amide bonds. The van der Waals surface area contributed by atoms with Crippen LogP contribution in [0.15, 0.2) is 48.5 Å². The van der Waals surface area contributed by atoms with E-state index in [1.165, 1.54) is 12.1 Å². The van der Waals surface area contributed by atoms with Crippen molar-refractivity contribution in [1.29, 1.82) is 0 Å². The monoisotopic (exact) mass is 329 g/mol. The summed E-state index contributed by atoms with van der Waals surface area (Å²) >= 11 is 0. The van der Waals surface area contributed by atoms with Gasteiger partial charge in [0.2, 0.25) is 5.91 Å². The third-order valence-corrected chi connectivity index (χ3v) is 4.16. The molecule has 1 fully saturated rings. The van der Waals surface area contributed by atoms with Gasteiger partial charge in [0, 0.05) is 19.6 Å². The molecule has 2 unspecified atom stereocenters. The van der Waals surface area contributed by atoms with Gasteiger partial charge in [-0.3, -0.25) is 4.79 Å². The van der Waals surface area contributed by atoms with E-state index in [1.807, 2.05) is 24.3 Å². The Morgan fingerprint density at radius 3 is 2.54 bits per heavy atom. The number of amides is 1. The van der Waals surface area contributed by atoms with Crippen molar-refractivity contribution >= 4 is 5.91 Å². The van der Waals surface area contributed by atoms with Crippen molar-refractivity contribution in [2.75, 3.05) is 13.9 Å². The first-order chi connectivity index (χ1) is 11.7. The van der Waals surface area contributed by atoms with Gasteiger partial charge in [0.05, 0.1) is 0 Å². The maximum atomic E-state index is 12.9. The van der Waals surface area contributed by atoms with Gasteiger partial charge in [-0.2, -0.15) is 0 Å². The minimum absolute atomic E-state index is 0.0104. The average Bonchev–Trinajstić information content (AvgIpc) is 3.40. The molecule has 0 bridgehead atoms. The number of methoxy groups -OCH3 is 1. The van der Waals surface area contributed by atoms with Gasteiger partial charge >= 0.3 is 0 Å². The Labute approximate surface area is 140 Å². The minimum Gasteiger partial charge on any atom is -0.468 e. The van der Waals surface area contributed by atoms with E-state index in [0.29, 0.717) is 6.54 Å². The van der Waals surface area contributed by atoms with Crippen LogP contribution in [-0.4, -0.2) is 19.8 Å². The topological polar surface area (TPSA) is 47.6 Å². The lowest BCUT2D eigenvalue weighted by atomic mass is 10.1. The molecule has 0 aliphatic heterocycles. The molecule has 2 aromatic carbocycles. The average molecular weight is 329 g/mol. The Balaban J connectivity index is 1.49. The Hall–Kier alpha value is -2.40. The second-order valence-corrected chi connectivity index (χ2v) is 5.91. The summed E-state index contributed by atoms with van der Waals surface area (Å²) in [5, 5.41) is 2.92. The summed E-state index contributed by atoms with van der Waals surface area (Å²) in [4.78, 5) is 12.2. The van der Waals surface area contributed by atoms with Gasteiger partial charge in [0.1, 0.15) is 11.6 Å². The van der Waals surface area contributed by atoms with Crippen LogP contribution in [0.3, 0.4) is 0 Å². The van der Waals surface area contributed by atoms with E-state index in [2.05, 4.69) is 5.32 Å². The first-order valence-corrected chi connectivity index (χ1v) is 7.91. The molecular weight excluding hydrogens is 309 g/mol. The maximum Gasteiger partial charge on any atom is 0.224 e. The van der Waals surface area contributed by atoms with Crippen molar-refractivity contribution in [1.82, 2.24) is 5.32 Å². The molecule has 0 spiro atoms. The third-order valence-electron chi connectivity index (χ3n) is 4.16. The summed E-state index contributed by atoms with van der Waals surface area (Å²) in [5.41, 5.74) is 2.03. The molecule has 1 aliphatic carbocycles. The van der Waals surface area contributed by atoms with Crippen molar-refractivity contribution in [3.8, 4) is 5.75 Å². The number of hydrogen-bond donors (Lipinski definition) is 1.